The van der Waals surface area contributed by atoms with Crippen LogP contribution in [0.15, 0.2) is 57.7 Å². The van der Waals surface area contributed by atoms with E-state index in [4.69, 9.17) is 25.5 Å². The summed E-state index contributed by atoms with van der Waals surface area (Å²) < 4.78 is 17.5. The molecular weight excluding hydrogens is 450 g/mol. The van der Waals surface area contributed by atoms with E-state index >= 15 is 0 Å². The maximum Gasteiger partial charge on any atom is 0.259 e. The number of benzene rings is 2. The Labute approximate surface area is 190 Å². The van der Waals surface area contributed by atoms with E-state index in [1.807, 2.05) is 30.3 Å². The van der Waals surface area contributed by atoms with Gasteiger partial charge in [0.05, 0.1) is 40.4 Å². The normalized spacial score (nSPS) is 11.9. The molecule has 0 aliphatic rings. The van der Waals surface area contributed by atoms with Crippen molar-refractivity contribution in [2.24, 2.45) is 0 Å². The summed E-state index contributed by atoms with van der Waals surface area (Å²) >= 11 is 8.01. The summed E-state index contributed by atoms with van der Waals surface area (Å²) in [6, 6.07) is 14.7. The number of rotatable bonds is 5. The Balaban J connectivity index is 1.50. The number of nitrogens with zero attached hydrogens (tertiary/aromatic N) is 2. The number of ether oxygens (including phenoxy) is 2. The first kappa shape index (κ1) is 20.3. The number of hydrogen-bond donors (Lipinski definition) is 1. The molecular formula is C23H16ClN3O4S. The molecule has 160 valence electrons. The number of aromatic amines is 1. The average molecular weight is 466 g/mol. The first-order valence-corrected chi connectivity index (χ1v) is 10.7. The highest BCUT2D eigenvalue weighted by Gasteiger charge is 2.14. The number of aromatic nitrogens is 3. The van der Waals surface area contributed by atoms with Crippen LogP contribution in [0.1, 0.15) is 11.6 Å². The van der Waals surface area contributed by atoms with Crippen LogP contribution in [0.25, 0.3) is 43.0 Å². The van der Waals surface area contributed by atoms with Crippen LogP contribution in [0.2, 0.25) is 0 Å². The van der Waals surface area contributed by atoms with Crippen molar-refractivity contribution in [3.63, 3.8) is 0 Å². The topological polar surface area (TPSA) is 90.2 Å². The van der Waals surface area contributed by atoms with Crippen LogP contribution in [0.3, 0.4) is 0 Å². The molecule has 0 unspecified atom stereocenters. The number of methoxy groups -OCH3 is 2. The average Bonchev–Trinajstić information content (AvgIpc) is 3.44. The number of H-pyrrole nitrogens is 1. The lowest BCUT2D eigenvalue weighted by atomic mass is 10.2. The molecule has 0 radical (unpaired) electrons. The zero-order chi connectivity index (χ0) is 22.2. The zero-order valence-corrected chi connectivity index (χ0v) is 18.6. The SMILES string of the molecule is COc1cc2nc(/C(Cl)=C/c3ccc(-c4nc5ccccc5s4)o3)[nH]c(=O)c2cc1OC. The summed E-state index contributed by atoms with van der Waals surface area (Å²) in [4.78, 5) is 24.4. The monoisotopic (exact) mass is 465 g/mol. The molecule has 0 spiro atoms. The summed E-state index contributed by atoms with van der Waals surface area (Å²) in [6.45, 7) is 0. The van der Waals surface area contributed by atoms with Crippen molar-refractivity contribution in [3.05, 3.63) is 70.5 Å². The number of halogens is 1. The quantitative estimate of drug-likeness (QED) is 0.366. The molecule has 1 N–H and O–H groups in total. The van der Waals surface area contributed by atoms with Gasteiger partial charge in [-0.15, -0.1) is 11.3 Å². The first-order chi connectivity index (χ1) is 15.6. The maximum absolute atomic E-state index is 12.6. The van der Waals surface area contributed by atoms with E-state index in [0.29, 0.717) is 33.9 Å². The molecule has 3 aromatic heterocycles. The van der Waals surface area contributed by atoms with Gasteiger partial charge < -0.3 is 18.9 Å². The fourth-order valence-corrected chi connectivity index (χ4v) is 4.42. The molecule has 0 saturated heterocycles. The van der Waals surface area contributed by atoms with Crippen molar-refractivity contribution < 1.29 is 13.9 Å². The van der Waals surface area contributed by atoms with Gasteiger partial charge in [-0.1, -0.05) is 23.7 Å². The van der Waals surface area contributed by atoms with Gasteiger partial charge in [0.2, 0.25) is 0 Å². The molecule has 0 aliphatic carbocycles. The van der Waals surface area contributed by atoms with Crippen molar-refractivity contribution in [1.29, 1.82) is 0 Å². The van der Waals surface area contributed by atoms with Crippen molar-refractivity contribution in [2.45, 2.75) is 0 Å². The van der Waals surface area contributed by atoms with Gasteiger partial charge in [-0.2, -0.15) is 0 Å². The predicted octanol–water partition coefficient (Wildman–Crippen LogP) is 5.55. The van der Waals surface area contributed by atoms with Crippen molar-refractivity contribution in [3.8, 4) is 22.3 Å². The van der Waals surface area contributed by atoms with Crippen LogP contribution in [-0.2, 0) is 0 Å². The molecule has 0 bridgehead atoms. The smallest absolute Gasteiger partial charge is 0.259 e. The second-order valence-corrected chi connectivity index (χ2v) is 8.26. The van der Waals surface area contributed by atoms with Gasteiger partial charge in [0.1, 0.15) is 5.76 Å². The third-order valence-electron chi connectivity index (χ3n) is 4.84. The van der Waals surface area contributed by atoms with Crippen molar-refractivity contribution >= 4 is 55.2 Å². The van der Waals surface area contributed by atoms with E-state index in [1.165, 1.54) is 14.2 Å². The van der Waals surface area contributed by atoms with E-state index in [1.54, 1.807) is 35.6 Å². The molecule has 9 heteroatoms. The number of hydrogen-bond acceptors (Lipinski definition) is 7. The van der Waals surface area contributed by atoms with Gasteiger partial charge in [0.25, 0.3) is 5.56 Å². The molecule has 5 rings (SSSR count). The predicted molar refractivity (Wildman–Crippen MR) is 127 cm³/mol. The highest BCUT2D eigenvalue weighted by molar-refractivity contribution is 7.21. The Morgan fingerprint density at radius 1 is 1.06 bits per heavy atom. The Kier molecular flexibility index (Phi) is 5.16. The Morgan fingerprint density at radius 3 is 2.62 bits per heavy atom. The van der Waals surface area contributed by atoms with Crippen LogP contribution in [0, 0.1) is 0 Å². The van der Waals surface area contributed by atoms with Crippen LogP contribution < -0.4 is 15.0 Å². The fourth-order valence-electron chi connectivity index (χ4n) is 3.30. The summed E-state index contributed by atoms with van der Waals surface area (Å²) in [7, 11) is 3.02. The number of thiazole rings is 1. The van der Waals surface area contributed by atoms with Gasteiger partial charge in [-0.3, -0.25) is 4.79 Å². The van der Waals surface area contributed by atoms with Crippen LogP contribution >= 0.6 is 22.9 Å². The molecule has 0 amide bonds. The van der Waals surface area contributed by atoms with Gasteiger partial charge in [0.15, 0.2) is 28.1 Å². The largest absolute Gasteiger partial charge is 0.493 e. The van der Waals surface area contributed by atoms with Crippen LogP contribution in [0.5, 0.6) is 11.5 Å². The molecule has 0 saturated carbocycles. The van der Waals surface area contributed by atoms with Crippen LogP contribution in [0.4, 0.5) is 0 Å². The molecule has 0 aliphatic heterocycles. The highest BCUT2D eigenvalue weighted by Crippen LogP contribution is 2.33. The van der Waals surface area contributed by atoms with Crippen LogP contribution in [-0.4, -0.2) is 29.2 Å². The molecule has 7 nitrogen and oxygen atoms in total. The minimum Gasteiger partial charge on any atom is -0.493 e. The minimum atomic E-state index is -0.341. The standard InChI is InChI=1S/C23H16ClN3O4S/c1-29-18-10-13-16(11-19(18)30-2)25-21(27-22(13)28)14(24)9-12-7-8-17(31-12)23-26-15-5-3-4-6-20(15)32-23/h3-11H,1-2H3,(H,25,27,28)/b14-9-. The minimum absolute atomic E-state index is 0.217. The lowest BCUT2D eigenvalue weighted by Gasteiger charge is -2.09. The lowest BCUT2D eigenvalue weighted by Crippen LogP contribution is -2.11. The fraction of sp³-hybridized carbons (Fsp3) is 0.0870. The third-order valence-corrected chi connectivity index (χ3v) is 6.18. The number of nitrogens with one attached hydrogen (secondary N) is 1. The number of furan rings is 1. The maximum atomic E-state index is 12.6. The lowest BCUT2D eigenvalue weighted by molar-refractivity contribution is 0.355. The van der Waals surface area contributed by atoms with Gasteiger partial charge in [-0.25, -0.2) is 9.97 Å². The number of para-hydroxylation sites is 1. The molecule has 0 atom stereocenters. The van der Waals surface area contributed by atoms with E-state index in [2.05, 4.69) is 15.0 Å². The number of fused-ring (bicyclic) bond motifs is 2. The Hall–Kier alpha value is -3.62. The van der Waals surface area contributed by atoms with Gasteiger partial charge >= 0.3 is 0 Å². The van der Waals surface area contributed by atoms with E-state index in [9.17, 15) is 4.79 Å². The van der Waals surface area contributed by atoms with E-state index in [-0.39, 0.29) is 16.4 Å². The van der Waals surface area contributed by atoms with Crippen molar-refractivity contribution in [1.82, 2.24) is 15.0 Å². The molecule has 32 heavy (non-hydrogen) atoms. The van der Waals surface area contributed by atoms with Crippen molar-refractivity contribution in [2.75, 3.05) is 14.2 Å². The second-order valence-electron chi connectivity index (χ2n) is 6.82. The van der Waals surface area contributed by atoms with E-state index < -0.39 is 0 Å². The molecule has 3 heterocycles. The summed E-state index contributed by atoms with van der Waals surface area (Å²) in [5.74, 6) is 2.28. The second kappa shape index (κ2) is 8.14. The summed E-state index contributed by atoms with van der Waals surface area (Å²) in [5, 5.41) is 1.37. The Morgan fingerprint density at radius 2 is 1.84 bits per heavy atom. The van der Waals surface area contributed by atoms with E-state index in [0.717, 1.165) is 15.2 Å². The summed E-state index contributed by atoms with van der Waals surface area (Å²) in [6.07, 6.45) is 1.60. The first-order valence-electron chi connectivity index (χ1n) is 9.55. The third kappa shape index (κ3) is 3.63. The van der Waals surface area contributed by atoms with Gasteiger partial charge in [0, 0.05) is 12.1 Å². The molecule has 0 fully saturated rings. The highest BCUT2D eigenvalue weighted by atomic mass is 35.5. The summed E-state index contributed by atoms with van der Waals surface area (Å²) in [5.41, 5.74) is 1.01. The Bertz CT molecular complexity index is 1520. The van der Waals surface area contributed by atoms with Gasteiger partial charge in [-0.05, 0) is 30.3 Å². The molecule has 5 aromatic rings. The molecule has 2 aromatic carbocycles. The zero-order valence-electron chi connectivity index (χ0n) is 17.0.